The summed E-state index contributed by atoms with van der Waals surface area (Å²) < 4.78 is 0. The fraction of sp³-hybridized carbons (Fsp3) is 0.750. The number of carbonyl (C=O) groups is 3. The van der Waals surface area contributed by atoms with Gasteiger partial charge in [-0.3, -0.25) is 14.4 Å². The largest absolute Gasteiger partial charge is 0.481 e. The van der Waals surface area contributed by atoms with Crippen molar-refractivity contribution in [1.29, 1.82) is 0 Å². The van der Waals surface area contributed by atoms with Crippen LogP contribution in [-0.4, -0.2) is 22.9 Å². The Bertz CT molecular complexity index is 328. The van der Waals surface area contributed by atoms with Crippen LogP contribution >= 0.6 is 0 Å². The van der Waals surface area contributed by atoms with E-state index >= 15 is 0 Å². The fourth-order valence-corrected chi connectivity index (χ4v) is 1.84. The summed E-state index contributed by atoms with van der Waals surface area (Å²) in [6.45, 7) is 5.14. The number of rotatable bonds is 8. The molecule has 0 saturated heterocycles. The Kier molecular flexibility index (Phi) is 6.36. The lowest BCUT2D eigenvalue weighted by Gasteiger charge is -2.22. The molecule has 0 aromatic heterocycles. The summed E-state index contributed by atoms with van der Waals surface area (Å²) in [4.78, 5) is 33.4. The number of amides is 2. The summed E-state index contributed by atoms with van der Waals surface area (Å²) in [7, 11) is 0. The van der Waals surface area contributed by atoms with Gasteiger partial charge in [-0.2, -0.15) is 0 Å². The van der Waals surface area contributed by atoms with Gasteiger partial charge in [0.1, 0.15) is 0 Å². The summed E-state index contributed by atoms with van der Waals surface area (Å²) in [5.41, 5.74) is 10.4. The van der Waals surface area contributed by atoms with Crippen LogP contribution in [0, 0.1) is 23.7 Å². The highest BCUT2D eigenvalue weighted by Crippen LogP contribution is 2.25. The van der Waals surface area contributed by atoms with Crippen LogP contribution in [0.2, 0.25) is 0 Å². The molecule has 0 aromatic carbocycles. The van der Waals surface area contributed by atoms with Crippen molar-refractivity contribution in [2.75, 3.05) is 0 Å². The Morgan fingerprint density at radius 2 is 1.50 bits per heavy atom. The Hall–Kier alpha value is -1.59. The SMILES string of the molecule is CC(CC(CC(C(=O)O)C(C)C)C(N)=O)C(N)=O. The van der Waals surface area contributed by atoms with Gasteiger partial charge >= 0.3 is 5.97 Å². The molecule has 0 aromatic rings. The number of nitrogens with two attached hydrogens (primary N) is 2. The average Bonchev–Trinajstić information content (AvgIpc) is 2.21. The minimum atomic E-state index is -0.956. The topological polar surface area (TPSA) is 123 Å². The molecule has 5 N–H and O–H groups in total. The summed E-state index contributed by atoms with van der Waals surface area (Å²) in [5, 5.41) is 9.07. The molecule has 6 heteroatoms. The van der Waals surface area contributed by atoms with Crippen molar-refractivity contribution < 1.29 is 19.5 Å². The van der Waals surface area contributed by atoms with Crippen LogP contribution in [0.4, 0.5) is 0 Å². The van der Waals surface area contributed by atoms with Gasteiger partial charge < -0.3 is 16.6 Å². The standard InChI is InChI=1S/C12H22N2O4/c1-6(2)9(12(17)18)5-8(11(14)16)4-7(3)10(13)15/h6-9H,4-5H2,1-3H3,(H2,13,15)(H2,14,16)(H,17,18). The molecular formula is C12H22N2O4. The van der Waals surface area contributed by atoms with Crippen molar-refractivity contribution in [3.8, 4) is 0 Å². The molecule has 0 aliphatic carbocycles. The van der Waals surface area contributed by atoms with Crippen LogP contribution in [0.3, 0.4) is 0 Å². The quantitative estimate of drug-likeness (QED) is 0.581. The zero-order valence-corrected chi connectivity index (χ0v) is 11.1. The molecular weight excluding hydrogens is 236 g/mol. The van der Waals surface area contributed by atoms with Crippen molar-refractivity contribution in [1.82, 2.24) is 0 Å². The predicted molar refractivity (Wildman–Crippen MR) is 66.2 cm³/mol. The highest BCUT2D eigenvalue weighted by atomic mass is 16.4. The van der Waals surface area contributed by atoms with Gasteiger partial charge in [0.25, 0.3) is 0 Å². The lowest BCUT2D eigenvalue weighted by molar-refractivity contribution is -0.144. The number of aliphatic carboxylic acids is 1. The summed E-state index contributed by atoms with van der Waals surface area (Å²) in [6.07, 6.45) is 0.334. The Labute approximate surface area is 107 Å². The van der Waals surface area contributed by atoms with Gasteiger partial charge in [-0.05, 0) is 18.8 Å². The molecule has 0 aliphatic heterocycles. The molecule has 0 heterocycles. The van der Waals surface area contributed by atoms with Crippen molar-refractivity contribution in [2.24, 2.45) is 35.1 Å². The lowest BCUT2D eigenvalue weighted by Crippen LogP contribution is -2.33. The Morgan fingerprint density at radius 3 is 1.78 bits per heavy atom. The summed E-state index contributed by atoms with van der Waals surface area (Å²) in [5.74, 6) is -3.95. The van der Waals surface area contributed by atoms with Gasteiger partial charge in [-0.1, -0.05) is 20.8 Å². The number of primary amides is 2. The molecule has 0 radical (unpaired) electrons. The molecule has 0 bridgehead atoms. The minimum Gasteiger partial charge on any atom is -0.481 e. The molecule has 3 unspecified atom stereocenters. The monoisotopic (exact) mass is 258 g/mol. The van der Waals surface area contributed by atoms with Gasteiger partial charge in [0.15, 0.2) is 0 Å². The van der Waals surface area contributed by atoms with E-state index < -0.39 is 35.5 Å². The van der Waals surface area contributed by atoms with E-state index in [1.165, 1.54) is 0 Å². The molecule has 104 valence electrons. The van der Waals surface area contributed by atoms with Crippen molar-refractivity contribution in [3.05, 3.63) is 0 Å². The first-order valence-electron chi connectivity index (χ1n) is 5.98. The van der Waals surface area contributed by atoms with Crippen molar-refractivity contribution in [3.63, 3.8) is 0 Å². The summed E-state index contributed by atoms with van der Waals surface area (Å²) >= 11 is 0. The zero-order chi connectivity index (χ0) is 14.5. The second kappa shape index (κ2) is 6.98. The highest BCUT2D eigenvalue weighted by Gasteiger charge is 2.30. The predicted octanol–water partition coefficient (Wildman–Crippen LogP) is 0.346. The maximum atomic E-state index is 11.3. The number of carboxylic acids is 1. The average molecular weight is 258 g/mol. The van der Waals surface area contributed by atoms with Gasteiger partial charge in [0, 0.05) is 11.8 Å². The Balaban J connectivity index is 4.76. The molecule has 0 fully saturated rings. The van der Waals surface area contributed by atoms with Gasteiger partial charge in [0.2, 0.25) is 11.8 Å². The maximum absolute atomic E-state index is 11.3. The van der Waals surface area contributed by atoms with Crippen LogP contribution < -0.4 is 11.5 Å². The van der Waals surface area contributed by atoms with Gasteiger partial charge in [-0.15, -0.1) is 0 Å². The molecule has 0 rings (SSSR count). The maximum Gasteiger partial charge on any atom is 0.306 e. The van der Waals surface area contributed by atoms with E-state index in [1.807, 2.05) is 0 Å². The molecule has 0 saturated carbocycles. The minimum absolute atomic E-state index is 0.103. The number of carbonyl (C=O) groups excluding carboxylic acids is 2. The van der Waals surface area contributed by atoms with Crippen molar-refractivity contribution >= 4 is 17.8 Å². The lowest BCUT2D eigenvalue weighted by atomic mass is 9.82. The normalized spacial score (nSPS) is 16.0. The molecule has 18 heavy (non-hydrogen) atoms. The number of hydrogen-bond acceptors (Lipinski definition) is 3. The van der Waals surface area contributed by atoms with E-state index in [2.05, 4.69) is 0 Å². The fourth-order valence-electron chi connectivity index (χ4n) is 1.84. The van der Waals surface area contributed by atoms with Crippen LogP contribution in [0.1, 0.15) is 33.6 Å². The first-order chi connectivity index (χ1) is 8.16. The first-order valence-corrected chi connectivity index (χ1v) is 5.98. The molecule has 0 spiro atoms. The molecule has 6 nitrogen and oxygen atoms in total. The van der Waals surface area contributed by atoms with Crippen LogP contribution in [0.25, 0.3) is 0 Å². The van der Waals surface area contributed by atoms with E-state index in [1.54, 1.807) is 20.8 Å². The summed E-state index contributed by atoms with van der Waals surface area (Å²) in [6, 6.07) is 0. The third-order valence-corrected chi connectivity index (χ3v) is 3.19. The zero-order valence-electron chi connectivity index (χ0n) is 11.1. The second-order valence-corrected chi connectivity index (χ2v) is 5.06. The second-order valence-electron chi connectivity index (χ2n) is 5.06. The van der Waals surface area contributed by atoms with Crippen LogP contribution in [0.15, 0.2) is 0 Å². The third kappa shape index (κ3) is 5.16. The van der Waals surface area contributed by atoms with E-state index in [9.17, 15) is 14.4 Å². The van der Waals surface area contributed by atoms with E-state index in [0.717, 1.165) is 0 Å². The van der Waals surface area contributed by atoms with Crippen LogP contribution in [-0.2, 0) is 14.4 Å². The molecule has 3 atom stereocenters. The number of hydrogen-bond donors (Lipinski definition) is 3. The van der Waals surface area contributed by atoms with Gasteiger partial charge in [0.05, 0.1) is 5.92 Å². The number of carboxylic acid groups (broad SMARTS) is 1. The van der Waals surface area contributed by atoms with Crippen molar-refractivity contribution in [2.45, 2.75) is 33.6 Å². The third-order valence-electron chi connectivity index (χ3n) is 3.19. The molecule has 0 aliphatic rings. The first kappa shape index (κ1) is 16.4. The van der Waals surface area contributed by atoms with Gasteiger partial charge in [-0.25, -0.2) is 0 Å². The molecule has 2 amide bonds. The van der Waals surface area contributed by atoms with E-state index in [4.69, 9.17) is 16.6 Å². The smallest absolute Gasteiger partial charge is 0.306 e. The van der Waals surface area contributed by atoms with E-state index in [-0.39, 0.29) is 18.8 Å². The van der Waals surface area contributed by atoms with E-state index in [0.29, 0.717) is 0 Å². The highest BCUT2D eigenvalue weighted by molar-refractivity contribution is 5.80. The Morgan fingerprint density at radius 1 is 1.00 bits per heavy atom. The van der Waals surface area contributed by atoms with Crippen LogP contribution in [0.5, 0.6) is 0 Å².